The second-order valence-corrected chi connectivity index (χ2v) is 8.56. The normalized spacial score (nSPS) is 16.2. The molecule has 0 radical (unpaired) electrons. The molecule has 2 heterocycles. The molecule has 0 fully saturated rings. The highest BCUT2D eigenvalue weighted by Crippen LogP contribution is 2.35. The Bertz CT molecular complexity index is 1090. The van der Waals surface area contributed by atoms with Crippen LogP contribution in [0.2, 0.25) is 0 Å². The zero-order valence-electron chi connectivity index (χ0n) is 15.3. The predicted molar refractivity (Wildman–Crippen MR) is 106 cm³/mol. The fourth-order valence-electron chi connectivity index (χ4n) is 3.47. The van der Waals surface area contributed by atoms with Crippen LogP contribution < -0.4 is 9.62 Å². The van der Waals surface area contributed by atoms with Crippen LogP contribution in [0.15, 0.2) is 76.2 Å². The maximum Gasteiger partial charge on any atom is 0.258 e. The van der Waals surface area contributed by atoms with Gasteiger partial charge in [0, 0.05) is 17.3 Å². The third kappa shape index (κ3) is 3.46. The Morgan fingerprint density at radius 3 is 2.64 bits per heavy atom. The third-order valence-electron chi connectivity index (χ3n) is 4.83. The Morgan fingerprint density at radius 2 is 1.93 bits per heavy atom. The van der Waals surface area contributed by atoms with Crippen molar-refractivity contribution in [3.63, 3.8) is 0 Å². The van der Waals surface area contributed by atoms with Crippen LogP contribution in [0.4, 0.5) is 5.69 Å². The Balaban J connectivity index is 1.59. The highest BCUT2D eigenvalue weighted by molar-refractivity contribution is 7.89. The Labute approximate surface area is 163 Å². The van der Waals surface area contributed by atoms with E-state index in [9.17, 15) is 13.2 Å². The van der Waals surface area contributed by atoms with Gasteiger partial charge in [-0.1, -0.05) is 18.2 Å². The molecule has 1 aliphatic heterocycles. The number of rotatable bonds is 5. The van der Waals surface area contributed by atoms with Gasteiger partial charge in [-0.05, 0) is 61.4 Å². The van der Waals surface area contributed by atoms with E-state index in [1.165, 1.54) is 12.3 Å². The number of benzene rings is 2. The molecule has 144 valence electrons. The molecule has 1 N–H and O–H groups in total. The first-order chi connectivity index (χ1) is 13.5. The van der Waals surface area contributed by atoms with Gasteiger partial charge in [-0.25, -0.2) is 13.1 Å². The minimum Gasteiger partial charge on any atom is -0.468 e. The van der Waals surface area contributed by atoms with Gasteiger partial charge in [0.05, 0.1) is 17.7 Å². The van der Waals surface area contributed by atoms with E-state index < -0.39 is 10.0 Å². The van der Waals surface area contributed by atoms with E-state index in [1.54, 1.807) is 41.3 Å². The summed E-state index contributed by atoms with van der Waals surface area (Å²) >= 11 is 0. The summed E-state index contributed by atoms with van der Waals surface area (Å²) in [7, 11) is -3.68. The molecule has 0 saturated carbocycles. The van der Waals surface area contributed by atoms with Crippen molar-refractivity contribution in [2.45, 2.75) is 30.8 Å². The number of carbonyl (C=O) groups is 1. The van der Waals surface area contributed by atoms with Crippen LogP contribution in [0, 0.1) is 0 Å². The molecule has 0 bridgehead atoms. The molecular formula is C21H20N2O4S. The van der Waals surface area contributed by atoms with Gasteiger partial charge in [-0.15, -0.1) is 0 Å². The van der Waals surface area contributed by atoms with E-state index in [0.717, 1.165) is 11.3 Å². The summed E-state index contributed by atoms with van der Waals surface area (Å²) < 4.78 is 32.9. The van der Waals surface area contributed by atoms with Crippen LogP contribution in [0.25, 0.3) is 0 Å². The molecule has 0 saturated heterocycles. The molecular weight excluding hydrogens is 376 g/mol. The SMILES string of the molecule is C[C@H]1Cc2cc(S(=O)(=O)NCc3ccco3)ccc2N1C(=O)c1ccccc1. The van der Waals surface area contributed by atoms with Crippen molar-refractivity contribution in [3.05, 3.63) is 83.8 Å². The first-order valence-corrected chi connectivity index (χ1v) is 10.5. The second-order valence-electron chi connectivity index (χ2n) is 6.79. The lowest BCUT2D eigenvalue weighted by molar-refractivity contribution is 0.0981. The van der Waals surface area contributed by atoms with Crippen molar-refractivity contribution in [1.29, 1.82) is 0 Å². The van der Waals surface area contributed by atoms with Gasteiger partial charge in [0.2, 0.25) is 10.0 Å². The third-order valence-corrected chi connectivity index (χ3v) is 6.23. The molecule has 28 heavy (non-hydrogen) atoms. The number of amides is 1. The summed E-state index contributed by atoms with van der Waals surface area (Å²) in [4.78, 5) is 14.8. The molecule has 6 nitrogen and oxygen atoms in total. The van der Waals surface area contributed by atoms with Crippen LogP contribution >= 0.6 is 0 Å². The van der Waals surface area contributed by atoms with Gasteiger partial charge in [0.15, 0.2) is 0 Å². The van der Waals surface area contributed by atoms with Gasteiger partial charge in [-0.3, -0.25) is 4.79 Å². The Morgan fingerprint density at radius 1 is 1.14 bits per heavy atom. The highest BCUT2D eigenvalue weighted by Gasteiger charge is 2.32. The zero-order valence-corrected chi connectivity index (χ0v) is 16.1. The number of sulfonamides is 1. The fraction of sp³-hybridized carbons (Fsp3) is 0.190. The molecule has 0 spiro atoms. The molecule has 3 aromatic rings. The summed E-state index contributed by atoms with van der Waals surface area (Å²) in [6.45, 7) is 2.05. The summed E-state index contributed by atoms with van der Waals surface area (Å²) in [5, 5.41) is 0. The van der Waals surface area contributed by atoms with Crippen LogP contribution in [0.3, 0.4) is 0 Å². The van der Waals surface area contributed by atoms with Gasteiger partial charge < -0.3 is 9.32 Å². The van der Waals surface area contributed by atoms with Crippen LogP contribution in [-0.4, -0.2) is 20.4 Å². The first kappa shape index (κ1) is 18.5. The average Bonchev–Trinajstić information content (AvgIpc) is 3.33. The second kappa shape index (κ2) is 7.26. The molecule has 2 aromatic carbocycles. The zero-order chi connectivity index (χ0) is 19.7. The summed E-state index contributed by atoms with van der Waals surface area (Å²) in [5.74, 6) is 0.455. The van der Waals surface area contributed by atoms with Crippen molar-refractivity contribution in [2.24, 2.45) is 0 Å². The lowest BCUT2D eigenvalue weighted by Gasteiger charge is -2.23. The lowest BCUT2D eigenvalue weighted by Crippen LogP contribution is -2.35. The van der Waals surface area contributed by atoms with E-state index in [1.807, 2.05) is 25.1 Å². The molecule has 0 unspecified atom stereocenters. The number of fused-ring (bicyclic) bond motifs is 1. The monoisotopic (exact) mass is 396 g/mol. The predicted octanol–water partition coefficient (Wildman–Crippen LogP) is 3.35. The van der Waals surface area contributed by atoms with E-state index in [0.29, 0.717) is 17.7 Å². The summed E-state index contributed by atoms with van der Waals surface area (Å²) in [5.41, 5.74) is 2.21. The van der Waals surface area contributed by atoms with Crippen molar-refractivity contribution in [3.8, 4) is 0 Å². The molecule has 4 rings (SSSR count). The smallest absolute Gasteiger partial charge is 0.258 e. The molecule has 7 heteroatoms. The van der Waals surface area contributed by atoms with Gasteiger partial charge in [-0.2, -0.15) is 0 Å². The molecule has 1 amide bonds. The number of nitrogens with one attached hydrogen (secondary N) is 1. The number of furan rings is 1. The largest absolute Gasteiger partial charge is 0.468 e. The van der Waals surface area contributed by atoms with E-state index in [-0.39, 0.29) is 23.4 Å². The summed E-state index contributed by atoms with van der Waals surface area (Å²) in [6, 6.07) is 17.3. The minimum absolute atomic E-state index is 0.0447. The highest BCUT2D eigenvalue weighted by atomic mass is 32.2. The van der Waals surface area contributed by atoms with Crippen LogP contribution in [0.5, 0.6) is 0 Å². The molecule has 1 aromatic heterocycles. The number of hydrogen-bond acceptors (Lipinski definition) is 4. The Kier molecular flexibility index (Phi) is 4.78. The fourth-order valence-corrected chi connectivity index (χ4v) is 4.51. The quantitative estimate of drug-likeness (QED) is 0.717. The average molecular weight is 396 g/mol. The number of anilines is 1. The van der Waals surface area contributed by atoms with E-state index in [4.69, 9.17) is 4.42 Å². The number of hydrogen-bond donors (Lipinski definition) is 1. The standard InChI is InChI=1S/C21H20N2O4S/c1-15-12-17-13-19(28(25,26)22-14-18-8-5-11-27-18)9-10-20(17)23(15)21(24)16-6-3-2-4-7-16/h2-11,13,15,22H,12,14H2,1H3/t15-/m0/s1. The maximum absolute atomic E-state index is 12.9. The van der Waals surface area contributed by atoms with Crippen LogP contribution in [-0.2, 0) is 23.0 Å². The van der Waals surface area contributed by atoms with Gasteiger partial charge >= 0.3 is 0 Å². The van der Waals surface area contributed by atoms with Gasteiger partial charge in [0.1, 0.15) is 5.76 Å². The molecule has 0 aliphatic carbocycles. The molecule has 1 aliphatic rings. The van der Waals surface area contributed by atoms with Crippen molar-refractivity contribution in [1.82, 2.24) is 4.72 Å². The summed E-state index contributed by atoms with van der Waals surface area (Å²) in [6.07, 6.45) is 2.11. The van der Waals surface area contributed by atoms with Crippen molar-refractivity contribution >= 4 is 21.6 Å². The van der Waals surface area contributed by atoms with Crippen molar-refractivity contribution in [2.75, 3.05) is 4.90 Å². The topological polar surface area (TPSA) is 79.6 Å². The minimum atomic E-state index is -3.68. The first-order valence-electron chi connectivity index (χ1n) is 8.99. The number of carbonyl (C=O) groups excluding carboxylic acids is 1. The Hall–Kier alpha value is -2.90. The van der Waals surface area contributed by atoms with E-state index >= 15 is 0 Å². The van der Waals surface area contributed by atoms with Crippen molar-refractivity contribution < 1.29 is 17.6 Å². The van der Waals surface area contributed by atoms with Gasteiger partial charge in [0.25, 0.3) is 5.91 Å². The number of nitrogens with zero attached hydrogens (tertiary/aromatic N) is 1. The molecule has 1 atom stereocenters. The lowest BCUT2D eigenvalue weighted by atomic mass is 10.1. The van der Waals surface area contributed by atoms with Crippen LogP contribution in [0.1, 0.15) is 28.6 Å². The maximum atomic E-state index is 12.9. The van der Waals surface area contributed by atoms with E-state index in [2.05, 4.69) is 4.72 Å².